The number of likely N-dealkylation sites (N-methyl/N-ethyl adjacent to an activating group) is 1. The minimum absolute atomic E-state index is 0.169. The van der Waals surface area contributed by atoms with Crippen molar-refractivity contribution in [2.75, 3.05) is 27.3 Å². The zero-order valence-corrected chi connectivity index (χ0v) is 15.3. The lowest BCUT2D eigenvalue weighted by molar-refractivity contribution is -0.142. The van der Waals surface area contributed by atoms with E-state index in [9.17, 15) is 18.0 Å². The van der Waals surface area contributed by atoms with Gasteiger partial charge >= 0.3 is 6.18 Å². The van der Waals surface area contributed by atoms with Gasteiger partial charge in [0.25, 0.3) is 5.91 Å². The zero-order chi connectivity index (χ0) is 19.6. The monoisotopic (exact) mass is 381 g/mol. The van der Waals surface area contributed by atoms with Gasteiger partial charge in [0.1, 0.15) is 0 Å². The number of nitrogens with zero attached hydrogens (tertiary/aromatic N) is 3. The average molecular weight is 381 g/mol. The third-order valence-electron chi connectivity index (χ3n) is 4.79. The Morgan fingerprint density at radius 2 is 1.89 bits per heavy atom. The number of rotatable bonds is 5. The lowest BCUT2D eigenvalue weighted by Crippen LogP contribution is -2.29. The number of aromatic nitrogens is 2. The van der Waals surface area contributed by atoms with Crippen LogP contribution >= 0.6 is 0 Å². The van der Waals surface area contributed by atoms with E-state index in [1.54, 1.807) is 38.4 Å². The Morgan fingerprint density at radius 3 is 2.52 bits per heavy atom. The molecule has 0 unspecified atom stereocenters. The molecule has 27 heavy (non-hydrogen) atoms. The third-order valence-corrected chi connectivity index (χ3v) is 4.79. The Hall–Kier alpha value is -2.35. The summed E-state index contributed by atoms with van der Waals surface area (Å²) in [5.74, 6) is -0.169. The molecular weight excluding hydrogens is 359 g/mol. The molecule has 0 bridgehead atoms. The van der Waals surface area contributed by atoms with Crippen LogP contribution in [0.3, 0.4) is 0 Å². The van der Waals surface area contributed by atoms with Crippen molar-refractivity contribution in [1.29, 1.82) is 0 Å². The maximum absolute atomic E-state index is 13.3. The maximum Gasteiger partial charge on any atom is 0.435 e. The molecule has 0 saturated carbocycles. The molecule has 1 heterocycles. The molecule has 1 aliphatic rings. The minimum atomic E-state index is -4.47. The van der Waals surface area contributed by atoms with E-state index in [1.807, 2.05) is 0 Å². The second-order valence-electron chi connectivity index (χ2n) is 6.66. The van der Waals surface area contributed by atoms with Gasteiger partial charge in [0.15, 0.2) is 5.69 Å². The predicted molar refractivity (Wildman–Crippen MR) is 94.0 cm³/mol. The van der Waals surface area contributed by atoms with Gasteiger partial charge in [-0.3, -0.25) is 4.79 Å². The molecule has 0 saturated heterocycles. The van der Waals surface area contributed by atoms with Crippen LogP contribution in [0.2, 0.25) is 0 Å². The Balaban J connectivity index is 1.90. The van der Waals surface area contributed by atoms with Crippen molar-refractivity contribution in [3.05, 3.63) is 46.8 Å². The number of benzene rings is 1. The molecule has 146 valence electrons. The van der Waals surface area contributed by atoms with E-state index in [4.69, 9.17) is 4.74 Å². The zero-order valence-electron chi connectivity index (χ0n) is 15.3. The molecule has 2 aromatic rings. The number of ether oxygens (including phenoxy) is 1. The van der Waals surface area contributed by atoms with Crippen LogP contribution in [0.5, 0.6) is 0 Å². The van der Waals surface area contributed by atoms with Crippen molar-refractivity contribution in [1.82, 2.24) is 14.7 Å². The molecule has 5 nitrogen and oxygen atoms in total. The van der Waals surface area contributed by atoms with Crippen LogP contribution in [0.15, 0.2) is 24.3 Å². The van der Waals surface area contributed by atoms with Crippen LogP contribution in [0, 0.1) is 0 Å². The molecule has 0 N–H and O–H groups in total. The van der Waals surface area contributed by atoms with Crippen molar-refractivity contribution < 1.29 is 22.7 Å². The number of methoxy groups -OCH3 is 1. The van der Waals surface area contributed by atoms with Gasteiger partial charge in [0.05, 0.1) is 12.3 Å². The number of carbonyl (C=O) groups is 1. The second-order valence-corrected chi connectivity index (χ2v) is 6.66. The largest absolute Gasteiger partial charge is 0.435 e. The van der Waals surface area contributed by atoms with E-state index in [0.717, 1.165) is 12.8 Å². The average Bonchev–Trinajstić information content (AvgIpc) is 3.06. The summed E-state index contributed by atoms with van der Waals surface area (Å²) in [4.78, 5) is 13.9. The van der Waals surface area contributed by atoms with E-state index in [2.05, 4.69) is 5.10 Å². The molecular formula is C19H22F3N3O2. The van der Waals surface area contributed by atoms with Crippen LogP contribution in [-0.4, -0.2) is 47.9 Å². The maximum atomic E-state index is 13.3. The SMILES string of the molecule is COCCN(C)C(=O)c1ccc(-n2nc(C(F)(F)F)c3c2CCCC3)cc1. The molecule has 1 aromatic carbocycles. The Labute approximate surface area is 155 Å². The first kappa shape index (κ1) is 19.4. The van der Waals surface area contributed by atoms with Gasteiger partial charge in [-0.2, -0.15) is 18.3 Å². The summed E-state index contributed by atoms with van der Waals surface area (Å²) in [6.07, 6.45) is -1.92. The summed E-state index contributed by atoms with van der Waals surface area (Å²) >= 11 is 0. The molecule has 8 heteroatoms. The summed E-state index contributed by atoms with van der Waals surface area (Å²) in [6.45, 7) is 0.888. The smallest absolute Gasteiger partial charge is 0.383 e. The third kappa shape index (κ3) is 4.00. The first-order valence-corrected chi connectivity index (χ1v) is 8.85. The predicted octanol–water partition coefficient (Wildman–Crippen LogP) is 3.49. The number of alkyl halides is 3. The van der Waals surface area contributed by atoms with Gasteiger partial charge in [0.2, 0.25) is 0 Å². The van der Waals surface area contributed by atoms with Crippen molar-refractivity contribution in [2.45, 2.75) is 31.9 Å². The van der Waals surface area contributed by atoms with Gasteiger partial charge in [-0.05, 0) is 49.9 Å². The molecule has 0 aliphatic heterocycles. The Kier molecular flexibility index (Phi) is 5.55. The second kappa shape index (κ2) is 7.72. The molecule has 0 radical (unpaired) electrons. The Morgan fingerprint density at radius 1 is 1.22 bits per heavy atom. The molecule has 1 aliphatic carbocycles. The fourth-order valence-corrected chi connectivity index (χ4v) is 3.34. The minimum Gasteiger partial charge on any atom is -0.383 e. The summed E-state index contributed by atoms with van der Waals surface area (Å²) in [5.41, 5.74) is 1.11. The van der Waals surface area contributed by atoms with E-state index in [1.165, 1.54) is 9.58 Å². The highest BCUT2D eigenvalue weighted by molar-refractivity contribution is 5.94. The summed E-state index contributed by atoms with van der Waals surface area (Å²) in [6, 6.07) is 6.51. The normalized spacial score (nSPS) is 14.1. The first-order chi connectivity index (χ1) is 12.8. The number of halogens is 3. The number of hydrogen-bond donors (Lipinski definition) is 0. The highest BCUT2D eigenvalue weighted by Crippen LogP contribution is 2.36. The Bertz CT molecular complexity index is 813. The van der Waals surface area contributed by atoms with Crippen molar-refractivity contribution in [3.63, 3.8) is 0 Å². The van der Waals surface area contributed by atoms with E-state index < -0.39 is 11.9 Å². The van der Waals surface area contributed by atoms with Crippen LogP contribution < -0.4 is 0 Å². The van der Waals surface area contributed by atoms with Gasteiger partial charge < -0.3 is 9.64 Å². The van der Waals surface area contributed by atoms with Gasteiger partial charge in [-0.25, -0.2) is 4.68 Å². The lowest BCUT2D eigenvalue weighted by atomic mass is 9.95. The number of amides is 1. The topological polar surface area (TPSA) is 47.4 Å². The van der Waals surface area contributed by atoms with Crippen LogP contribution in [-0.2, 0) is 23.8 Å². The summed E-state index contributed by atoms with van der Waals surface area (Å²) < 4.78 is 46.3. The molecule has 0 atom stereocenters. The van der Waals surface area contributed by atoms with E-state index >= 15 is 0 Å². The van der Waals surface area contributed by atoms with Gasteiger partial charge in [0, 0.05) is 37.5 Å². The van der Waals surface area contributed by atoms with Gasteiger partial charge in [-0.15, -0.1) is 0 Å². The fourth-order valence-electron chi connectivity index (χ4n) is 3.34. The number of fused-ring (bicyclic) bond motifs is 1. The van der Waals surface area contributed by atoms with Crippen molar-refractivity contribution in [2.24, 2.45) is 0 Å². The number of carbonyl (C=O) groups excluding carboxylic acids is 1. The highest BCUT2D eigenvalue weighted by Gasteiger charge is 2.39. The van der Waals surface area contributed by atoms with E-state index in [0.29, 0.717) is 48.5 Å². The molecule has 0 fully saturated rings. The van der Waals surface area contributed by atoms with Crippen LogP contribution in [0.25, 0.3) is 5.69 Å². The number of hydrogen-bond acceptors (Lipinski definition) is 3. The molecule has 1 aromatic heterocycles. The lowest BCUT2D eigenvalue weighted by Gasteiger charge is -2.17. The summed E-state index contributed by atoms with van der Waals surface area (Å²) in [5, 5.41) is 3.86. The fraction of sp³-hybridized carbons (Fsp3) is 0.474. The van der Waals surface area contributed by atoms with Gasteiger partial charge in [-0.1, -0.05) is 0 Å². The van der Waals surface area contributed by atoms with E-state index in [-0.39, 0.29) is 5.91 Å². The van der Waals surface area contributed by atoms with Crippen LogP contribution in [0.1, 0.15) is 40.2 Å². The molecule has 3 rings (SSSR count). The first-order valence-electron chi connectivity index (χ1n) is 8.85. The highest BCUT2D eigenvalue weighted by atomic mass is 19.4. The summed E-state index contributed by atoms with van der Waals surface area (Å²) in [7, 11) is 3.24. The molecule has 0 spiro atoms. The van der Waals surface area contributed by atoms with Crippen LogP contribution in [0.4, 0.5) is 13.2 Å². The van der Waals surface area contributed by atoms with Crippen molar-refractivity contribution >= 4 is 5.91 Å². The van der Waals surface area contributed by atoms with Crippen molar-refractivity contribution in [3.8, 4) is 5.69 Å². The molecule has 1 amide bonds. The standard InChI is InChI=1S/C19H22F3N3O2/c1-24(11-12-27-2)18(26)13-7-9-14(10-8-13)25-16-6-4-3-5-15(16)17(23-25)19(20,21)22/h7-10H,3-6,11-12H2,1-2H3. The quantitative estimate of drug-likeness (QED) is 0.797.